The van der Waals surface area contributed by atoms with E-state index >= 15 is 0 Å². The molecule has 110 valence electrons. The number of amides is 2. The molecule has 1 heterocycles. The van der Waals surface area contributed by atoms with Gasteiger partial charge in [-0.15, -0.1) is 0 Å². The largest absolute Gasteiger partial charge is 0.333 e. The highest BCUT2D eigenvalue weighted by molar-refractivity contribution is 6.31. The molecule has 0 bridgehead atoms. The molecule has 0 saturated carbocycles. The maximum absolute atomic E-state index is 11.8. The van der Waals surface area contributed by atoms with Crippen molar-refractivity contribution < 1.29 is 9.69 Å². The highest BCUT2D eigenvalue weighted by Crippen LogP contribution is 2.19. The van der Waals surface area contributed by atoms with Crippen molar-refractivity contribution in [3.63, 3.8) is 0 Å². The van der Waals surface area contributed by atoms with Crippen LogP contribution in [0.1, 0.15) is 24.8 Å². The van der Waals surface area contributed by atoms with Gasteiger partial charge in [0.1, 0.15) is 0 Å². The fourth-order valence-electron chi connectivity index (χ4n) is 2.55. The van der Waals surface area contributed by atoms with Gasteiger partial charge in [-0.3, -0.25) is 0 Å². The quantitative estimate of drug-likeness (QED) is 0.780. The Bertz CT molecular complexity index is 458. The minimum atomic E-state index is -0.160. The number of benzene rings is 1. The first kappa shape index (κ1) is 15.1. The van der Waals surface area contributed by atoms with E-state index in [1.54, 1.807) is 11.0 Å². The Kier molecular flexibility index (Phi) is 5.68. The van der Waals surface area contributed by atoms with E-state index in [2.05, 4.69) is 10.6 Å². The summed E-state index contributed by atoms with van der Waals surface area (Å²) < 4.78 is 0. The average Bonchev–Trinajstić information content (AvgIpc) is 2.44. The fourth-order valence-corrected chi connectivity index (χ4v) is 2.72. The molecule has 1 aromatic carbocycles. The molecule has 0 aliphatic carbocycles. The Morgan fingerprint density at radius 2 is 2.05 bits per heavy atom. The fraction of sp³-hybridized carbons (Fsp3) is 0.533. The van der Waals surface area contributed by atoms with Crippen LogP contribution in [0.4, 0.5) is 10.5 Å². The van der Waals surface area contributed by atoms with Gasteiger partial charge in [-0.1, -0.05) is 17.7 Å². The first-order valence-electron chi connectivity index (χ1n) is 7.30. The summed E-state index contributed by atoms with van der Waals surface area (Å²) in [4.78, 5) is 13.4. The number of nitrogens with one attached hydrogen (secondary N) is 3. The molecular weight excluding hydrogens is 274 g/mol. The van der Waals surface area contributed by atoms with Gasteiger partial charge < -0.3 is 15.5 Å². The molecule has 0 atom stereocenters. The average molecular weight is 297 g/mol. The van der Waals surface area contributed by atoms with Crippen LogP contribution >= 0.6 is 11.6 Å². The standard InChI is InChI=1S/C15H22ClN3O/c1-12-5-6-13(16)11-14(12)18-15(20)17-7-10-19-8-3-2-4-9-19/h5-6,11H,2-4,7-10H2,1H3,(H2,17,18,20)/p+1. The highest BCUT2D eigenvalue weighted by atomic mass is 35.5. The van der Waals surface area contributed by atoms with Crippen LogP contribution in [-0.2, 0) is 0 Å². The maximum Gasteiger partial charge on any atom is 0.319 e. The number of rotatable bonds is 4. The second kappa shape index (κ2) is 7.50. The smallest absolute Gasteiger partial charge is 0.319 e. The van der Waals surface area contributed by atoms with Crippen molar-refractivity contribution in [3.05, 3.63) is 28.8 Å². The van der Waals surface area contributed by atoms with Gasteiger partial charge in [0.05, 0.1) is 26.2 Å². The summed E-state index contributed by atoms with van der Waals surface area (Å²) in [7, 11) is 0. The number of anilines is 1. The van der Waals surface area contributed by atoms with Crippen LogP contribution in [0.3, 0.4) is 0 Å². The van der Waals surface area contributed by atoms with E-state index in [1.807, 2.05) is 19.1 Å². The van der Waals surface area contributed by atoms with Gasteiger partial charge in [0, 0.05) is 10.7 Å². The Hall–Kier alpha value is -1.26. The summed E-state index contributed by atoms with van der Waals surface area (Å²) in [6.07, 6.45) is 3.97. The number of urea groups is 1. The van der Waals surface area contributed by atoms with Gasteiger partial charge in [-0.05, 0) is 43.9 Å². The highest BCUT2D eigenvalue weighted by Gasteiger charge is 2.13. The van der Waals surface area contributed by atoms with Crippen LogP contribution in [0.2, 0.25) is 5.02 Å². The summed E-state index contributed by atoms with van der Waals surface area (Å²) >= 11 is 5.93. The van der Waals surface area contributed by atoms with Gasteiger partial charge >= 0.3 is 6.03 Å². The van der Waals surface area contributed by atoms with Crippen molar-refractivity contribution in [2.45, 2.75) is 26.2 Å². The molecule has 3 N–H and O–H groups in total. The number of hydrogen-bond acceptors (Lipinski definition) is 1. The van der Waals surface area contributed by atoms with Crippen LogP contribution in [0.25, 0.3) is 0 Å². The van der Waals surface area contributed by atoms with Crippen molar-refractivity contribution in [1.82, 2.24) is 5.32 Å². The van der Waals surface area contributed by atoms with E-state index in [9.17, 15) is 4.79 Å². The Morgan fingerprint density at radius 3 is 2.80 bits per heavy atom. The molecule has 1 aliphatic rings. The van der Waals surface area contributed by atoms with Gasteiger partial charge in [0.25, 0.3) is 0 Å². The van der Waals surface area contributed by atoms with Crippen LogP contribution < -0.4 is 15.5 Å². The van der Waals surface area contributed by atoms with Crippen LogP contribution in [0, 0.1) is 6.92 Å². The molecule has 2 rings (SSSR count). The van der Waals surface area contributed by atoms with Crippen LogP contribution in [0.15, 0.2) is 18.2 Å². The Labute approximate surface area is 125 Å². The van der Waals surface area contributed by atoms with E-state index in [4.69, 9.17) is 11.6 Å². The van der Waals surface area contributed by atoms with Crippen LogP contribution in [-0.4, -0.2) is 32.2 Å². The number of carbonyl (C=O) groups is 1. The second-order valence-corrected chi connectivity index (χ2v) is 5.84. The molecule has 1 aromatic rings. The molecule has 0 radical (unpaired) electrons. The molecule has 0 spiro atoms. The third-order valence-corrected chi connectivity index (χ3v) is 4.01. The number of likely N-dealkylation sites (tertiary alicyclic amines) is 1. The number of quaternary nitrogens is 1. The zero-order chi connectivity index (χ0) is 14.4. The van der Waals surface area contributed by atoms with E-state index in [0.717, 1.165) is 17.8 Å². The minimum Gasteiger partial charge on any atom is -0.333 e. The Balaban J connectivity index is 1.73. The first-order valence-corrected chi connectivity index (χ1v) is 7.67. The number of aryl methyl sites for hydroxylation is 1. The van der Waals surface area contributed by atoms with Gasteiger partial charge in [-0.2, -0.15) is 0 Å². The second-order valence-electron chi connectivity index (χ2n) is 5.40. The summed E-state index contributed by atoms with van der Waals surface area (Å²) in [6.45, 7) is 6.12. The lowest BCUT2D eigenvalue weighted by molar-refractivity contribution is -0.903. The minimum absolute atomic E-state index is 0.160. The molecule has 1 aliphatic heterocycles. The molecule has 5 heteroatoms. The van der Waals surface area contributed by atoms with Crippen molar-refractivity contribution >= 4 is 23.3 Å². The maximum atomic E-state index is 11.8. The van der Waals surface area contributed by atoms with Crippen molar-refractivity contribution in [2.75, 3.05) is 31.5 Å². The normalized spacial score (nSPS) is 15.9. The molecule has 1 saturated heterocycles. The van der Waals surface area contributed by atoms with E-state index in [-0.39, 0.29) is 6.03 Å². The number of halogens is 1. The molecule has 2 amide bonds. The van der Waals surface area contributed by atoms with Crippen LogP contribution in [0.5, 0.6) is 0 Å². The Morgan fingerprint density at radius 1 is 1.30 bits per heavy atom. The predicted molar refractivity (Wildman–Crippen MR) is 82.6 cm³/mol. The molecular formula is C15H23ClN3O+. The summed E-state index contributed by atoms with van der Waals surface area (Å²) in [5, 5.41) is 6.38. The topological polar surface area (TPSA) is 45.6 Å². The zero-order valence-corrected chi connectivity index (χ0v) is 12.7. The van der Waals surface area contributed by atoms with Crippen molar-refractivity contribution in [1.29, 1.82) is 0 Å². The summed E-state index contributed by atoms with van der Waals surface area (Å²) in [5.41, 5.74) is 1.77. The third kappa shape index (κ3) is 4.69. The first-order chi connectivity index (χ1) is 9.65. The molecule has 20 heavy (non-hydrogen) atoms. The molecule has 0 aromatic heterocycles. The van der Waals surface area contributed by atoms with E-state index in [0.29, 0.717) is 11.6 Å². The van der Waals surface area contributed by atoms with E-state index in [1.165, 1.54) is 32.4 Å². The lowest BCUT2D eigenvalue weighted by atomic mass is 10.1. The predicted octanol–water partition coefficient (Wildman–Crippen LogP) is 1.84. The van der Waals surface area contributed by atoms with Crippen molar-refractivity contribution in [2.24, 2.45) is 0 Å². The molecule has 4 nitrogen and oxygen atoms in total. The molecule has 1 fully saturated rings. The monoisotopic (exact) mass is 296 g/mol. The van der Waals surface area contributed by atoms with E-state index < -0.39 is 0 Å². The van der Waals surface area contributed by atoms with Gasteiger partial charge in [0.2, 0.25) is 0 Å². The lowest BCUT2D eigenvalue weighted by Crippen LogP contribution is -3.13. The van der Waals surface area contributed by atoms with Crippen molar-refractivity contribution in [3.8, 4) is 0 Å². The van der Waals surface area contributed by atoms with Gasteiger partial charge in [-0.25, -0.2) is 4.79 Å². The summed E-state index contributed by atoms with van der Waals surface area (Å²) in [5.74, 6) is 0. The van der Waals surface area contributed by atoms with Gasteiger partial charge in [0.15, 0.2) is 0 Å². The number of carbonyl (C=O) groups excluding carboxylic acids is 1. The number of piperidine rings is 1. The molecule has 0 unspecified atom stereocenters. The lowest BCUT2D eigenvalue weighted by Gasteiger charge is -2.23. The third-order valence-electron chi connectivity index (χ3n) is 3.77. The zero-order valence-electron chi connectivity index (χ0n) is 12.0. The SMILES string of the molecule is Cc1ccc(Cl)cc1NC(=O)NCC[NH+]1CCCCC1. The summed E-state index contributed by atoms with van der Waals surface area (Å²) in [6, 6.07) is 5.33. The number of hydrogen-bond donors (Lipinski definition) is 3.